The maximum Gasteiger partial charge on any atom is 0.249 e. The second-order valence-corrected chi connectivity index (χ2v) is 7.33. The van der Waals surface area contributed by atoms with Gasteiger partial charge in [-0.3, -0.25) is 19.7 Å². The molecule has 1 aliphatic carbocycles. The predicted octanol–water partition coefficient (Wildman–Crippen LogP) is 3.03. The highest BCUT2D eigenvalue weighted by Gasteiger charge is 2.34. The first-order valence-electron chi connectivity index (χ1n) is 9.71. The molecule has 5 nitrogen and oxygen atoms in total. The van der Waals surface area contributed by atoms with Gasteiger partial charge in [-0.05, 0) is 44.4 Å². The molecule has 5 heteroatoms. The quantitative estimate of drug-likeness (QED) is 0.777. The highest BCUT2D eigenvalue weighted by atomic mass is 16.2. The maximum atomic E-state index is 12.4. The molecule has 0 spiro atoms. The van der Waals surface area contributed by atoms with E-state index in [0.29, 0.717) is 19.4 Å². The fourth-order valence-electron chi connectivity index (χ4n) is 4.06. The summed E-state index contributed by atoms with van der Waals surface area (Å²) in [5, 5.41) is 2.58. The zero-order chi connectivity index (χ0) is 17.5. The van der Waals surface area contributed by atoms with Gasteiger partial charge in [0.25, 0.3) is 0 Å². The van der Waals surface area contributed by atoms with Crippen LogP contribution in [-0.2, 0) is 14.4 Å². The third-order valence-electron chi connectivity index (χ3n) is 5.61. The molecule has 2 rings (SSSR count). The molecule has 1 saturated carbocycles. The standard InChI is InChI=1S/C19H32N2O3/c1-3-5-7-14-9-11-15(12-10-14)18(23)20-19(24)16(4-2)21-13-6-8-17(21)22/h14-16H,3-13H2,1-2H3,(H,20,23,24)/t14-,15-,16-/m0/s1. The van der Waals surface area contributed by atoms with Crippen molar-refractivity contribution in [2.45, 2.75) is 84.1 Å². The van der Waals surface area contributed by atoms with Crippen LogP contribution in [0.25, 0.3) is 0 Å². The smallest absolute Gasteiger partial charge is 0.249 e. The molecule has 1 N–H and O–H groups in total. The highest BCUT2D eigenvalue weighted by Crippen LogP contribution is 2.32. The third kappa shape index (κ3) is 4.81. The zero-order valence-corrected chi connectivity index (χ0v) is 15.2. The van der Waals surface area contributed by atoms with E-state index in [1.54, 1.807) is 4.90 Å². The predicted molar refractivity (Wildman–Crippen MR) is 93.1 cm³/mol. The van der Waals surface area contributed by atoms with Gasteiger partial charge in [-0.2, -0.15) is 0 Å². The van der Waals surface area contributed by atoms with Crippen LogP contribution >= 0.6 is 0 Å². The van der Waals surface area contributed by atoms with Crippen LogP contribution in [0.3, 0.4) is 0 Å². The monoisotopic (exact) mass is 336 g/mol. The number of unbranched alkanes of at least 4 members (excludes halogenated alkanes) is 1. The van der Waals surface area contributed by atoms with Gasteiger partial charge >= 0.3 is 0 Å². The SMILES string of the molecule is CCCC[C@H]1CC[C@H](C(=O)NC(=O)[C@H](CC)N2CCCC2=O)CC1. The Morgan fingerprint density at radius 1 is 1.21 bits per heavy atom. The third-order valence-corrected chi connectivity index (χ3v) is 5.61. The summed E-state index contributed by atoms with van der Waals surface area (Å²) in [6.45, 7) is 4.72. The number of imide groups is 1. The van der Waals surface area contributed by atoms with Crippen molar-refractivity contribution >= 4 is 17.7 Å². The van der Waals surface area contributed by atoms with Crippen molar-refractivity contribution in [3.63, 3.8) is 0 Å². The minimum atomic E-state index is -0.496. The molecule has 1 heterocycles. The largest absolute Gasteiger partial charge is 0.331 e. The number of nitrogens with zero attached hydrogens (tertiary/aromatic N) is 1. The Kier molecular flexibility index (Phi) is 7.25. The van der Waals surface area contributed by atoms with E-state index in [9.17, 15) is 14.4 Å². The molecule has 0 radical (unpaired) electrons. The summed E-state index contributed by atoms with van der Waals surface area (Å²) >= 11 is 0. The lowest BCUT2D eigenvalue weighted by Gasteiger charge is -2.29. The summed E-state index contributed by atoms with van der Waals surface area (Å²) in [5.74, 6) is 0.291. The van der Waals surface area contributed by atoms with E-state index in [-0.39, 0.29) is 23.6 Å². The van der Waals surface area contributed by atoms with Gasteiger partial charge in [0.2, 0.25) is 17.7 Å². The number of carbonyl (C=O) groups excluding carboxylic acids is 3. The Morgan fingerprint density at radius 3 is 2.46 bits per heavy atom. The van der Waals surface area contributed by atoms with Gasteiger partial charge in [-0.15, -0.1) is 0 Å². The van der Waals surface area contributed by atoms with E-state index in [1.807, 2.05) is 6.92 Å². The number of nitrogens with one attached hydrogen (secondary N) is 1. The van der Waals surface area contributed by atoms with Crippen molar-refractivity contribution in [3.05, 3.63) is 0 Å². The van der Waals surface area contributed by atoms with Crippen LogP contribution in [0.5, 0.6) is 0 Å². The average Bonchev–Trinajstić information content (AvgIpc) is 3.00. The molecule has 24 heavy (non-hydrogen) atoms. The topological polar surface area (TPSA) is 66.5 Å². The van der Waals surface area contributed by atoms with E-state index >= 15 is 0 Å². The van der Waals surface area contributed by atoms with Crippen molar-refractivity contribution < 1.29 is 14.4 Å². The molecule has 0 aromatic heterocycles. The van der Waals surface area contributed by atoms with E-state index < -0.39 is 6.04 Å². The van der Waals surface area contributed by atoms with Crippen molar-refractivity contribution in [2.24, 2.45) is 11.8 Å². The number of rotatable bonds is 7. The number of likely N-dealkylation sites (tertiary alicyclic amines) is 1. The summed E-state index contributed by atoms with van der Waals surface area (Å²) in [4.78, 5) is 38.3. The van der Waals surface area contributed by atoms with Gasteiger partial charge < -0.3 is 4.90 Å². The van der Waals surface area contributed by atoms with Crippen molar-refractivity contribution in [1.29, 1.82) is 0 Å². The normalized spacial score (nSPS) is 25.6. The minimum absolute atomic E-state index is 0.0286. The second kappa shape index (κ2) is 9.19. The van der Waals surface area contributed by atoms with E-state index in [4.69, 9.17) is 0 Å². The summed E-state index contributed by atoms with van der Waals surface area (Å²) < 4.78 is 0. The average molecular weight is 336 g/mol. The number of hydrogen-bond acceptors (Lipinski definition) is 3. The Labute approximate surface area is 145 Å². The molecule has 1 atom stereocenters. The fourth-order valence-corrected chi connectivity index (χ4v) is 4.06. The lowest BCUT2D eigenvalue weighted by Crippen LogP contribution is -2.50. The van der Waals surface area contributed by atoms with Gasteiger partial charge in [-0.1, -0.05) is 33.1 Å². The van der Waals surface area contributed by atoms with Crippen molar-refractivity contribution in [3.8, 4) is 0 Å². The van der Waals surface area contributed by atoms with E-state index in [1.165, 1.54) is 19.3 Å². The number of hydrogen-bond donors (Lipinski definition) is 1. The number of carbonyl (C=O) groups is 3. The zero-order valence-electron chi connectivity index (χ0n) is 15.2. The first-order chi connectivity index (χ1) is 11.6. The molecule has 0 aromatic rings. The molecule has 1 aliphatic heterocycles. The van der Waals surface area contributed by atoms with E-state index in [2.05, 4.69) is 12.2 Å². The molecule has 0 bridgehead atoms. The highest BCUT2D eigenvalue weighted by molar-refractivity contribution is 6.00. The van der Waals surface area contributed by atoms with Gasteiger partial charge in [0.05, 0.1) is 0 Å². The molecule has 0 aromatic carbocycles. The van der Waals surface area contributed by atoms with Crippen LogP contribution in [-0.4, -0.2) is 35.2 Å². The van der Waals surface area contributed by atoms with E-state index in [0.717, 1.165) is 38.0 Å². The van der Waals surface area contributed by atoms with Crippen LogP contribution in [0.1, 0.15) is 78.1 Å². The molecular formula is C19H32N2O3. The Hall–Kier alpha value is -1.39. The van der Waals surface area contributed by atoms with Crippen molar-refractivity contribution in [2.75, 3.05) is 6.54 Å². The first kappa shape index (κ1) is 18.9. The van der Waals surface area contributed by atoms with Crippen LogP contribution in [0.15, 0.2) is 0 Å². The summed E-state index contributed by atoms with van der Waals surface area (Å²) in [7, 11) is 0. The summed E-state index contributed by atoms with van der Waals surface area (Å²) in [6, 6.07) is -0.496. The summed E-state index contributed by atoms with van der Waals surface area (Å²) in [5.41, 5.74) is 0. The van der Waals surface area contributed by atoms with Crippen molar-refractivity contribution in [1.82, 2.24) is 10.2 Å². The maximum absolute atomic E-state index is 12.4. The van der Waals surface area contributed by atoms with Gasteiger partial charge in [0, 0.05) is 18.9 Å². The van der Waals surface area contributed by atoms with Crippen LogP contribution in [0.4, 0.5) is 0 Å². The molecule has 136 valence electrons. The fraction of sp³-hybridized carbons (Fsp3) is 0.842. The summed E-state index contributed by atoms with van der Waals surface area (Å²) in [6.07, 6.45) is 9.57. The van der Waals surface area contributed by atoms with Gasteiger partial charge in [0.1, 0.15) is 6.04 Å². The number of amides is 3. The second-order valence-electron chi connectivity index (χ2n) is 7.33. The van der Waals surface area contributed by atoms with Gasteiger partial charge in [0.15, 0.2) is 0 Å². The Morgan fingerprint density at radius 2 is 1.92 bits per heavy atom. The molecular weight excluding hydrogens is 304 g/mol. The lowest BCUT2D eigenvalue weighted by molar-refractivity contribution is -0.141. The molecule has 3 amide bonds. The van der Waals surface area contributed by atoms with Gasteiger partial charge in [-0.25, -0.2) is 0 Å². The molecule has 0 unspecified atom stereocenters. The first-order valence-corrected chi connectivity index (χ1v) is 9.71. The van der Waals surface area contributed by atoms with Crippen LogP contribution in [0.2, 0.25) is 0 Å². The van der Waals surface area contributed by atoms with Crippen LogP contribution in [0, 0.1) is 11.8 Å². The molecule has 2 fully saturated rings. The Bertz CT molecular complexity index is 456. The van der Waals surface area contributed by atoms with Crippen LogP contribution < -0.4 is 5.32 Å². The molecule has 2 aliphatic rings. The minimum Gasteiger partial charge on any atom is -0.331 e. The Balaban J connectivity index is 1.81. The lowest BCUT2D eigenvalue weighted by atomic mass is 9.79. The molecule has 1 saturated heterocycles.